The van der Waals surface area contributed by atoms with Gasteiger partial charge in [-0.2, -0.15) is 9.78 Å². The van der Waals surface area contributed by atoms with Crippen LogP contribution in [0.2, 0.25) is 0 Å². The Labute approximate surface area is 155 Å². The SMILES string of the molecule is O=c1c2c3c(sc2ncn1/N=C\c1ccc(O)c(I)c1)CCCC3. The fourth-order valence-electron chi connectivity index (χ4n) is 2.95. The molecule has 7 heteroatoms. The van der Waals surface area contributed by atoms with Gasteiger partial charge in [-0.15, -0.1) is 11.3 Å². The molecule has 0 saturated carbocycles. The van der Waals surface area contributed by atoms with E-state index in [-0.39, 0.29) is 11.3 Å². The van der Waals surface area contributed by atoms with Crippen LogP contribution in [0, 0.1) is 3.57 Å². The number of phenolic OH excluding ortho intramolecular Hbond substituents is 1. The highest BCUT2D eigenvalue weighted by Gasteiger charge is 2.19. The summed E-state index contributed by atoms with van der Waals surface area (Å²) in [5.74, 6) is 0.234. The van der Waals surface area contributed by atoms with E-state index in [1.807, 2.05) is 6.07 Å². The number of fused-ring (bicyclic) bond motifs is 3. The average molecular weight is 451 g/mol. The van der Waals surface area contributed by atoms with E-state index in [1.54, 1.807) is 29.7 Å². The van der Waals surface area contributed by atoms with Gasteiger partial charge in [0.15, 0.2) is 0 Å². The van der Waals surface area contributed by atoms with Crippen molar-refractivity contribution in [2.24, 2.45) is 5.10 Å². The summed E-state index contributed by atoms with van der Waals surface area (Å²) in [5, 5.41) is 14.6. The van der Waals surface area contributed by atoms with E-state index in [2.05, 4.69) is 32.7 Å². The van der Waals surface area contributed by atoms with Crippen LogP contribution in [0.3, 0.4) is 0 Å². The van der Waals surface area contributed by atoms with Crippen LogP contribution in [0.4, 0.5) is 0 Å². The number of phenols is 1. The Morgan fingerprint density at radius 2 is 2.17 bits per heavy atom. The minimum absolute atomic E-state index is 0.107. The quantitative estimate of drug-likeness (QED) is 0.479. The lowest BCUT2D eigenvalue weighted by Crippen LogP contribution is -2.18. The van der Waals surface area contributed by atoms with Crippen molar-refractivity contribution in [3.63, 3.8) is 0 Å². The number of benzene rings is 1. The molecule has 0 atom stereocenters. The van der Waals surface area contributed by atoms with E-state index in [0.717, 1.165) is 38.6 Å². The Bertz CT molecular complexity index is 1020. The number of halogens is 1. The zero-order chi connectivity index (χ0) is 16.7. The molecule has 0 radical (unpaired) electrons. The Kier molecular flexibility index (Phi) is 4.13. The van der Waals surface area contributed by atoms with Crippen molar-refractivity contribution in [1.29, 1.82) is 0 Å². The molecule has 122 valence electrons. The Morgan fingerprint density at radius 3 is 3.00 bits per heavy atom. The highest BCUT2D eigenvalue weighted by molar-refractivity contribution is 14.1. The second-order valence-corrected chi connectivity index (χ2v) is 7.99. The molecule has 3 aromatic rings. The normalized spacial score (nSPS) is 14.4. The fourth-order valence-corrected chi connectivity index (χ4v) is 4.71. The van der Waals surface area contributed by atoms with Crippen LogP contribution in [0.15, 0.2) is 34.4 Å². The maximum absolute atomic E-state index is 12.8. The molecule has 24 heavy (non-hydrogen) atoms. The number of hydrogen-bond donors (Lipinski definition) is 1. The molecule has 1 N–H and O–H groups in total. The molecule has 0 aliphatic heterocycles. The molecule has 0 spiro atoms. The lowest BCUT2D eigenvalue weighted by molar-refractivity contribution is 0.471. The molecular formula is C17H14IN3O2S. The van der Waals surface area contributed by atoms with E-state index in [0.29, 0.717) is 0 Å². The van der Waals surface area contributed by atoms with Gasteiger partial charge in [0, 0.05) is 4.88 Å². The van der Waals surface area contributed by atoms with Gasteiger partial charge in [-0.25, -0.2) is 4.98 Å². The van der Waals surface area contributed by atoms with E-state index >= 15 is 0 Å². The van der Waals surface area contributed by atoms with Gasteiger partial charge >= 0.3 is 0 Å². The predicted molar refractivity (Wildman–Crippen MR) is 104 cm³/mol. The van der Waals surface area contributed by atoms with Crippen LogP contribution in [-0.4, -0.2) is 21.0 Å². The Balaban J connectivity index is 1.77. The van der Waals surface area contributed by atoms with Gasteiger partial charge in [0.1, 0.15) is 16.9 Å². The molecule has 0 bridgehead atoms. The molecule has 0 fully saturated rings. The number of aryl methyl sites for hydroxylation is 2. The van der Waals surface area contributed by atoms with Crippen molar-refractivity contribution in [2.45, 2.75) is 25.7 Å². The van der Waals surface area contributed by atoms with Gasteiger partial charge in [-0.05, 0) is 77.6 Å². The smallest absolute Gasteiger partial charge is 0.282 e. The second-order valence-electron chi connectivity index (χ2n) is 5.74. The van der Waals surface area contributed by atoms with Gasteiger partial charge in [0.2, 0.25) is 0 Å². The molecular weight excluding hydrogens is 437 g/mol. The zero-order valence-electron chi connectivity index (χ0n) is 12.7. The maximum atomic E-state index is 12.8. The van der Waals surface area contributed by atoms with Crippen molar-refractivity contribution in [3.8, 4) is 5.75 Å². The van der Waals surface area contributed by atoms with Crippen LogP contribution in [0.25, 0.3) is 10.2 Å². The van der Waals surface area contributed by atoms with E-state index < -0.39 is 0 Å². The summed E-state index contributed by atoms with van der Waals surface area (Å²) in [5.41, 5.74) is 1.88. The molecule has 1 aliphatic carbocycles. The van der Waals surface area contributed by atoms with Crippen molar-refractivity contribution in [3.05, 3.63) is 54.5 Å². The second kappa shape index (κ2) is 6.29. The van der Waals surface area contributed by atoms with Gasteiger partial charge in [0.05, 0.1) is 15.2 Å². The highest BCUT2D eigenvalue weighted by Crippen LogP contribution is 2.33. The third-order valence-corrected chi connectivity index (χ3v) is 6.23. The van der Waals surface area contributed by atoms with Crippen LogP contribution < -0.4 is 5.56 Å². The number of aromatic nitrogens is 2. The fraction of sp³-hybridized carbons (Fsp3) is 0.235. The molecule has 0 unspecified atom stereocenters. The third-order valence-electron chi connectivity index (χ3n) is 4.16. The van der Waals surface area contributed by atoms with Crippen molar-refractivity contribution in [1.82, 2.24) is 9.66 Å². The lowest BCUT2D eigenvalue weighted by Gasteiger charge is -2.09. The third kappa shape index (κ3) is 2.75. The summed E-state index contributed by atoms with van der Waals surface area (Å²) < 4.78 is 2.04. The van der Waals surface area contributed by atoms with Crippen molar-refractivity contribution >= 4 is 50.4 Å². The van der Waals surface area contributed by atoms with E-state index in [4.69, 9.17) is 0 Å². The molecule has 0 amide bonds. The molecule has 2 aromatic heterocycles. The predicted octanol–water partition coefficient (Wildman–Crippen LogP) is 3.53. The standard InChI is InChI=1S/C17H14IN3O2S/c18-12-7-10(5-6-13(12)22)8-20-21-9-19-16-15(17(21)23)11-3-1-2-4-14(11)24-16/h5-9,22H,1-4H2/b20-8-. The maximum Gasteiger partial charge on any atom is 0.282 e. The zero-order valence-corrected chi connectivity index (χ0v) is 15.7. The van der Waals surface area contributed by atoms with Crippen LogP contribution in [0.1, 0.15) is 28.8 Å². The van der Waals surface area contributed by atoms with Crippen molar-refractivity contribution in [2.75, 3.05) is 0 Å². The molecule has 5 nitrogen and oxygen atoms in total. The van der Waals surface area contributed by atoms with Crippen LogP contribution in [0.5, 0.6) is 5.75 Å². The summed E-state index contributed by atoms with van der Waals surface area (Å²) >= 11 is 3.69. The number of aromatic hydroxyl groups is 1. The summed E-state index contributed by atoms with van der Waals surface area (Å²) in [6, 6.07) is 5.18. The number of nitrogens with zero attached hydrogens (tertiary/aromatic N) is 3. The number of hydrogen-bond acceptors (Lipinski definition) is 5. The summed E-state index contributed by atoms with van der Waals surface area (Å²) in [6.07, 6.45) is 7.40. The summed E-state index contributed by atoms with van der Waals surface area (Å²) in [7, 11) is 0. The summed E-state index contributed by atoms with van der Waals surface area (Å²) in [6.45, 7) is 0. The molecule has 1 aliphatic rings. The topological polar surface area (TPSA) is 67.5 Å². The minimum atomic E-state index is -0.107. The van der Waals surface area contributed by atoms with E-state index in [9.17, 15) is 9.90 Å². The van der Waals surface area contributed by atoms with Gasteiger partial charge in [-0.1, -0.05) is 0 Å². The first-order chi connectivity index (χ1) is 11.6. The molecule has 0 saturated heterocycles. The highest BCUT2D eigenvalue weighted by atomic mass is 127. The average Bonchev–Trinajstić information content (AvgIpc) is 2.96. The van der Waals surface area contributed by atoms with Crippen LogP contribution in [-0.2, 0) is 12.8 Å². The Hall–Kier alpha value is -1.74. The largest absolute Gasteiger partial charge is 0.507 e. The summed E-state index contributed by atoms with van der Waals surface area (Å²) in [4.78, 5) is 19.3. The minimum Gasteiger partial charge on any atom is -0.507 e. The first-order valence-corrected chi connectivity index (χ1v) is 9.58. The van der Waals surface area contributed by atoms with Gasteiger partial charge in [-0.3, -0.25) is 4.79 Å². The first-order valence-electron chi connectivity index (χ1n) is 7.68. The monoisotopic (exact) mass is 451 g/mol. The Morgan fingerprint density at radius 1 is 1.33 bits per heavy atom. The van der Waals surface area contributed by atoms with Gasteiger partial charge in [0.25, 0.3) is 5.56 Å². The van der Waals surface area contributed by atoms with Gasteiger partial charge < -0.3 is 5.11 Å². The number of thiophene rings is 1. The number of rotatable bonds is 2. The van der Waals surface area contributed by atoms with Crippen LogP contribution >= 0.6 is 33.9 Å². The first kappa shape index (κ1) is 15.8. The molecule has 1 aromatic carbocycles. The van der Waals surface area contributed by atoms with E-state index in [1.165, 1.54) is 27.9 Å². The molecule has 4 rings (SSSR count). The lowest BCUT2D eigenvalue weighted by atomic mass is 9.97. The molecule has 2 heterocycles. The van der Waals surface area contributed by atoms with Crippen molar-refractivity contribution < 1.29 is 5.11 Å².